The number of methoxy groups -OCH3 is 1. The molecule has 0 heterocycles. The predicted octanol–water partition coefficient (Wildman–Crippen LogP) is 3.62. The molecule has 0 aromatic heterocycles. The summed E-state index contributed by atoms with van der Waals surface area (Å²) in [4.78, 5) is 11.8. The SMILES string of the molecule is CCC12CCC(O)CC1CCCc1cc(C(=O)OC)ccc12. The molecule has 3 atom stereocenters. The van der Waals surface area contributed by atoms with Gasteiger partial charge in [0.2, 0.25) is 0 Å². The average molecular weight is 302 g/mol. The molecule has 0 spiro atoms. The van der Waals surface area contributed by atoms with Crippen molar-refractivity contribution in [3.8, 4) is 0 Å². The quantitative estimate of drug-likeness (QED) is 0.849. The summed E-state index contributed by atoms with van der Waals surface area (Å²) in [5.41, 5.74) is 3.56. The first-order chi connectivity index (χ1) is 10.6. The molecule has 22 heavy (non-hydrogen) atoms. The van der Waals surface area contributed by atoms with E-state index in [1.165, 1.54) is 24.7 Å². The Morgan fingerprint density at radius 2 is 2.23 bits per heavy atom. The van der Waals surface area contributed by atoms with E-state index in [-0.39, 0.29) is 17.5 Å². The van der Waals surface area contributed by atoms with E-state index in [0.717, 1.165) is 38.5 Å². The van der Waals surface area contributed by atoms with E-state index >= 15 is 0 Å². The molecule has 1 aromatic rings. The van der Waals surface area contributed by atoms with Gasteiger partial charge in [0.05, 0.1) is 18.8 Å². The van der Waals surface area contributed by atoms with E-state index in [1.807, 2.05) is 12.1 Å². The Morgan fingerprint density at radius 1 is 1.41 bits per heavy atom. The Hall–Kier alpha value is -1.35. The first kappa shape index (κ1) is 15.5. The van der Waals surface area contributed by atoms with E-state index in [4.69, 9.17) is 4.74 Å². The second-order valence-corrected chi connectivity index (χ2v) is 6.89. The van der Waals surface area contributed by atoms with Crippen LogP contribution in [0.15, 0.2) is 18.2 Å². The highest BCUT2D eigenvalue weighted by molar-refractivity contribution is 5.89. The molecule has 3 unspecified atom stereocenters. The largest absolute Gasteiger partial charge is 0.465 e. The predicted molar refractivity (Wildman–Crippen MR) is 86.0 cm³/mol. The monoisotopic (exact) mass is 302 g/mol. The lowest BCUT2D eigenvalue weighted by atomic mass is 9.59. The van der Waals surface area contributed by atoms with Gasteiger partial charge in [-0.3, -0.25) is 0 Å². The number of ether oxygens (including phenoxy) is 1. The van der Waals surface area contributed by atoms with Crippen molar-refractivity contribution in [2.75, 3.05) is 7.11 Å². The van der Waals surface area contributed by atoms with Crippen molar-refractivity contribution in [2.24, 2.45) is 5.92 Å². The second kappa shape index (κ2) is 6.04. The number of hydrogen-bond donors (Lipinski definition) is 1. The number of aryl methyl sites for hydroxylation is 1. The van der Waals surface area contributed by atoms with Crippen LogP contribution in [0, 0.1) is 5.92 Å². The molecule has 3 rings (SSSR count). The van der Waals surface area contributed by atoms with Crippen LogP contribution in [0.5, 0.6) is 0 Å². The molecule has 3 nitrogen and oxygen atoms in total. The standard InChI is InChI=1S/C19H26O3/c1-3-19-10-9-16(20)12-15(19)6-4-5-13-11-14(18(21)22-2)7-8-17(13)19/h7-8,11,15-16,20H,3-6,9-10,12H2,1-2H3. The summed E-state index contributed by atoms with van der Waals surface area (Å²) in [5, 5.41) is 10.1. The average Bonchev–Trinajstić information content (AvgIpc) is 2.70. The Morgan fingerprint density at radius 3 is 2.95 bits per heavy atom. The number of esters is 1. The number of hydrogen-bond acceptors (Lipinski definition) is 3. The van der Waals surface area contributed by atoms with Gasteiger partial charge in [0.25, 0.3) is 0 Å². The maximum Gasteiger partial charge on any atom is 0.337 e. The molecule has 0 saturated heterocycles. The Balaban J connectivity index is 2.06. The molecule has 0 aliphatic heterocycles. The fraction of sp³-hybridized carbons (Fsp3) is 0.632. The van der Waals surface area contributed by atoms with Crippen LogP contribution in [0.1, 0.15) is 66.9 Å². The molecule has 1 N–H and O–H groups in total. The van der Waals surface area contributed by atoms with Crippen LogP contribution < -0.4 is 0 Å². The van der Waals surface area contributed by atoms with Crippen LogP contribution in [0.2, 0.25) is 0 Å². The van der Waals surface area contributed by atoms with Crippen molar-refractivity contribution in [3.05, 3.63) is 34.9 Å². The molecule has 120 valence electrons. The summed E-state index contributed by atoms with van der Waals surface area (Å²) in [5.74, 6) is 0.305. The van der Waals surface area contributed by atoms with Crippen molar-refractivity contribution >= 4 is 5.97 Å². The van der Waals surface area contributed by atoms with E-state index in [9.17, 15) is 9.90 Å². The number of fused-ring (bicyclic) bond motifs is 3. The summed E-state index contributed by atoms with van der Waals surface area (Å²) in [6.07, 6.45) is 7.17. The molecule has 2 aliphatic carbocycles. The third-order valence-electron chi connectivity index (χ3n) is 5.95. The number of rotatable bonds is 2. The molecule has 1 aromatic carbocycles. The molecule has 1 fully saturated rings. The van der Waals surface area contributed by atoms with E-state index in [2.05, 4.69) is 13.0 Å². The number of carbonyl (C=O) groups is 1. The van der Waals surface area contributed by atoms with Gasteiger partial charge in [-0.05, 0) is 79.5 Å². The molecular weight excluding hydrogens is 276 g/mol. The summed E-state index contributed by atoms with van der Waals surface area (Å²) in [6, 6.07) is 6.10. The maximum absolute atomic E-state index is 11.8. The lowest BCUT2D eigenvalue weighted by molar-refractivity contribution is 0.0451. The van der Waals surface area contributed by atoms with Crippen molar-refractivity contribution in [1.82, 2.24) is 0 Å². The van der Waals surface area contributed by atoms with Crippen molar-refractivity contribution < 1.29 is 14.6 Å². The van der Waals surface area contributed by atoms with Crippen LogP contribution >= 0.6 is 0 Å². The molecule has 1 saturated carbocycles. The zero-order valence-corrected chi connectivity index (χ0v) is 13.6. The van der Waals surface area contributed by atoms with Gasteiger partial charge in [-0.1, -0.05) is 13.0 Å². The first-order valence-corrected chi connectivity index (χ1v) is 8.50. The maximum atomic E-state index is 11.8. The summed E-state index contributed by atoms with van der Waals surface area (Å²) >= 11 is 0. The molecule has 0 amide bonds. The summed E-state index contributed by atoms with van der Waals surface area (Å²) in [6.45, 7) is 2.27. The van der Waals surface area contributed by atoms with E-state index in [1.54, 1.807) is 0 Å². The molecule has 3 heteroatoms. The molecular formula is C19H26O3. The minimum atomic E-state index is -0.256. The first-order valence-electron chi connectivity index (χ1n) is 8.50. The number of aliphatic hydroxyl groups excluding tert-OH is 1. The van der Waals surface area contributed by atoms with Gasteiger partial charge in [0.1, 0.15) is 0 Å². The zero-order valence-electron chi connectivity index (χ0n) is 13.6. The van der Waals surface area contributed by atoms with Crippen LogP contribution in [-0.2, 0) is 16.6 Å². The summed E-state index contributed by atoms with van der Waals surface area (Å²) in [7, 11) is 1.43. The molecule has 0 radical (unpaired) electrons. The highest BCUT2D eigenvalue weighted by Gasteiger charge is 2.44. The molecule has 0 bridgehead atoms. The normalized spacial score (nSPS) is 30.9. The van der Waals surface area contributed by atoms with Gasteiger partial charge in [-0.25, -0.2) is 4.79 Å². The lowest BCUT2D eigenvalue weighted by Crippen LogP contribution is -2.41. The van der Waals surface area contributed by atoms with Crippen molar-refractivity contribution in [2.45, 2.75) is 63.4 Å². The van der Waals surface area contributed by atoms with Gasteiger partial charge in [-0.2, -0.15) is 0 Å². The van der Waals surface area contributed by atoms with Gasteiger partial charge >= 0.3 is 5.97 Å². The number of aliphatic hydroxyl groups is 1. The fourth-order valence-corrected chi connectivity index (χ4v) is 4.77. The van der Waals surface area contributed by atoms with Gasteiger partial charge in [0.15, 0.2) is 0 Å². The van der Waals surface area contributed by atoms with E-state index in [0.29, 0.717) is 11.5 Å². The van der Waals surface area contributed by atoms with Gasteiger partial charge < -0.3 is 9.84 Å². The Labute approximate surface area is 132 Å². The van der Waals surface area contributed by atoms with Crippen LogP contribution in [-0.4, -0.2) is 24.3 Å². The Bertz CT molecular complexity index is 566. The highest BCUT2D eigenvalue weighted by atomic mass is 16.5. The van der Waals surface area contributed by atoms with Crippen molar-refractivity contribution in [3.63, 3.8) is 0 Å². The van der Waals surface area contributed by atoms with Crippen LogP contribution in [0.4, 0.5) is 0 Å². The fourth-order valence-electron chi connectivity index (χ4n) is 4.77. The third-order valence-corrected chi connectivity index (χ3v) is 5.95. The smallest absolute Gasteiger partial charge is 0.337 e. The highest BCUT2D eigenvalue weighted by Crippen LogP contribution is 2.51. The topological polar surface area (TPSA) is 46.5 Å². The minimum absolute atomic E-state index is 0.138. The lowest BCUT2D eigenvalue weighted by Gasteiger charge is -2.46. The third kappa shape index (κ3) is 2.45. The van der Waals surface area contributed by atoms with Crippen LogP contribution in [0.3, 0.4) is 0 Å². The number of carbonyl (C=O) groups excluding carboxylic acids is 1. The molecule has 2 aliphatic rings. The minimum Gasteiger partial charge on any atom is -0.465 e. The van der Waals surface area contributed by atoms with Crippen LogP contribution in [0.25, 0.3) is 0 Å². The second-order valence-electron chi connectivity index (χ2n) is 6.89. The Kier molecular flexibility index (Phi) is 4.26. The van der Waals surface area contributed by atoms with Gasteiger partial charge in [0, 0.05) is 0 Å². The van der Waals surface area contributed by atoms with E-state index < -0.39 is 0 Å². The summed E-state index contributed by atoms with van der Waals surface area (Å²) < 4.78 is 4.86. The number of benzene rings is 1. The van der Waals surface area contributed by atoms with Gasteiger partial charge in [-0.15, -0.1) is 0 Å². The zero-order chi connectivity index (χ0) is 15.7. The van der Waals surface area contributed by atoms with Crippen molar-refractivity contribution in [1.29, 1.82) is 0 Å².